The molecule has 2 aromatic carbocycles. The highest BCUT2D eigenvalue weighted by Crippen LogP contribution is 2.31. The SMILES string of the molecule is O=c1[nH]nnc2c(-c3ccnc(Cc4cc(F)cc(C(F)(F)F)c4)c3)cccc12. The first kappa shape index (κ1) is 18.7. The lowest BCUT2D eigenvalue weighted by Gasteiger charge is -2.10. The van der Waals surface area contributed by atoms with Gasteiger partial charge >= 0.3 is 6.18 Å². The Morgan fingerprint density at radius 1 is 1.03 bits per heavy atom. The second-order valence-electron chi connectivity index (χ2n) is 6.40. The zero-order chi connectivity index (χ0) is 20.6. The van der Waals surface area contributed by atoms with E-state index in [1.165, 1.54) is 6.20 Å². The Labute approximate surface area is 161 Å². The van der Waals surface area contributed by atoms with Crippen LogP contribution < -0.4 is 5.56 Å². The van der Waals surface area contributed by atoms with Crippen molar-refractivity contribution in [3.05, 3.63) is 87.7 Å². The summed E-state index contributed by atoms with van der Waals surface area (Å²) < 4.78 is 52.4. The average Bonchev–Trinajstić information content (AvgIpc) is 2.67. The van der Waals surface area contributed by atoms with Crippen LogP contribution in [0, 0.1) is 5.82 Å². The second kappa shape index (κ2) is 7.08. The zero-order valence-corrected chi connectivity index (χ0v) is 14.7. The number of aromatic amines is 1. The molecule has 9 heteroatoms. The van der Waals surface area contributed by atoms with Crippen molar-refractivity contribution in [3.63, 3.8) is 0 Å². The molecular weight excluding hydrogens is 388 g/mol. The molecule has 4 rings (SSSR count). The van der Waals surface area contributed by atoms with E-state index in [1.807, 2.05) is 0 Å². The number of hydrogen-bond acceptors (Lipinski definition) is 4. The van der Waals surface area contributed by atoms with E-state index in [1.54, 1.807) is 30.3 Å². The second-order valence-corrected chi connectivity index (χ2v) is 6.40. The molecule has 2 heterocycles. The van der Waals surface area contributed by atoms with Gasteiger partial charge in [0.1, 0.15) is 11.3 Å². The van der Waals surface area contributed by atoms with Gasteiger partial charge in [0.15, 0.2) is 0 Å². The molecule has 0 aliphatic heterocycles. The van der Waals surface area contributed by atoms with Gasteiger partial charge in [0.2, 0.25) is 0 Å². The number of pyridine rings is 1. The Morgan fingerprint density at radius 2 is 1.86 bits per heavy atom. The maximum atomic E-state index is 13.6. The first-order valence-electron chi connectivity index (χ1n) is 8.47. The van der Waals surface area contributed by atoms with Crippen molar-refractivity contribution in [2.45, 2.75) is 12.6 Å². The van der Waals surface area contributed by atoms with Crippen molar-refractivity contribution < 1.29 is 17.6 Å². The molecule has 1 N–H and O–H groups in total. The Balaban J connectivity index is 1.74. The molecule has 0 amide bonds. The van der Waals surface area contributed by atoms with E-state index in [0.717, 1.165) is 12.1 Å². The van der Waals surface area contributed by atoms with Gasteiger partial charge in [-0.25, -0.2) is 9.49 Å². The van der Waals surface area contributed by atoms with Crippen molar-refractivity contribution in [1.29, 1.82) is 0 Å². The Kier molecular flexibility index (Phi) is 4.57. The third-order valence-corrected chi connectivity index (χ3v) is 4.38. The first-order valence-corrected chi connectivity index (χ1v) is 8.47. The Morgan fingerprint density at radius 3 is 2.66 bits per heavy atom. The molecule has 0 atom stereocenters. The van der Waals surface area contributed by atoms with Crippen molar-refractivity contribution in [3.8, 4) is 11.1 Å². The van der Waals surface area contributed by atoms with Crippen LogP contribution in [0.15, 0.2) is 59.5 Å². The first-order chi connectivity index (χ1) is 13.8. The summed E-state index contributed by atoms with van der Waals surface area (Å²) in [5.74, 6) is -0.963. The van der Waals surface area contributed by atoms with Crippen molar-refractivity contribution in [1.82, 2.24) is 20.4 Å². The number of aromatic nitrogens is 4. The van der Waals surface area contributed by atoms with Crippen molar-refractivity contribution in [2.24, 2.45) is 0 Å². The van der Waals surface area contributed by atoms with Crippen LogP contribution in [0.5, 0.6) is 0 Å². The van der Waals surface area contributed by atoms with Crippen molar-refractivity contribution in [2.75, 3.05) is 0 Å². The normalized spacial score (nSPS) is 11.7. The minimum absolute atomic E-state index is 0.00566. The number of H-pyrrole nitrogens is 1. The molecule has 0 unspecified atom stereocenters. The molecule has 0 bridgehead atoms. The standard InChI is InChI=1S/C20H12F4N4O/c21-14-7-11(6-13(10-14)20(22,23)24)8-15-9-12(4-5-25-15)16-2-1-3-17-18(16)26-28-27-19(17)29/h1-7,9-10H,8H2,(H,26,27,29). The van der Waals surface area contributed by atoms with E-state index >= 15 is 0 Å². The summed E-state index contributed by atoms with van der Waals surface area (Å²) in [5, 5.41) is 10.2. The molecule has 0 fully saturated rings. The molecule has 5 nitrogen and oxygen atoms in total. The van der Waals surface area contributed by atoms with E-state index in [4.69, 9.17) is 0 Å². The maximum absolute atomic E-state index is 13.6. The molecule has 0 radical (unpaired) electrons. The summed E-state index contributed by atoms with van der Waals surface area (Å²) in [4.78, 5) is 16.1. The van der Waals surface area contributed by atoms with Crippen LogP contribution in [0.1, 0.15) is 16.8 Å². The van der Waals surface area contributed by atoms with Gasteiger partial charge in [0, 0.05) is 23.9 Å². The van der Waals surface area contributed by atoms with E-state index in [2.05, 4.69) is 20.4 Å². The number of benzene rings is 2. The van der Waals surface area contributed by atoms with Crippen LogP contribution in [0.4, 0.5) is 17.6 Å². The third kappa shape index (κ3) is 3.84. The Bertz CT molecular complexity index is 1270. The monoisotopic (exact) mass is 400 g/mol. The fourth-order valence-corrected chi connectivity index (χ4v) is 3.12. The van der Waals surface area contributed by atoms with Crippen LogP contribution in [-0.2, 0) is 12.6 Å². The molecule has 0 spiro atoms. The summed E-state index contributed by atoms with van der Waals surface area (Å²) in [6.45, 7) is 0. The molecule has 0 saturated heterocycles. The van der Waals surface area contributed by atoms with Crippen LogP contribution >= 0.6 is 0 Å². The highest BCUT2D eigenvalue weighted by atomic mass is 19.4. The summed E-state index contributed by atoms with van der Waals surface area (Å²) in [6, 6.07) is 10.8. The highest BCUT2D eigenvalue weighted by Gasteiger charge is 2.31. The average molecular weight is 400 g/mol. The van der Waals surface area contributed by atoms with Crippen molar-refractivity contribution >= 4 is 10.9 Å². The summed E-state index contributed by atoms with van der Waals surface area (Å²) in [5.41, 5.74) is 0.830. The molecular formula is C20H12F4N4O. The highest BCUT2D eigenvalue weighted by molar-refractivity contribution is 5.92. The van der Waals surface area contributed by atoms with Crippen LogP contribution in [0.3, 0.4) is 0 Å². The lowest BCUT2D eigenvalue weighted by Crippen LogP contribution is -2.10. The summed E-state index contributed by atoms with van der Waals surface area (Å²) in [7, 11) is 0. The molecule has 2 aromatic heterocycles. The topological polar surface area (TPSA) is 71.5 Å². The lowest BCUT2D eigenvalue weighted by atomic mass is 10.0. The zero-order valence-electron chi connectivity index (χ0n) is 14.7. The number of halogens is 4. The predicted molar refractivity (Wildman–Crippen MR) is 97.6 cm³/mol. The van der Waals surface area contributed by atoms with Crippen LogP contribution in [0.25, 0.3) is 22.0 Å². The number of nitrogens with one attached hydrogen (secondary N) is 1. The van der Waals surface area contributed by atoms with E-state index in [9.17, 15) is 22.4 Å². The van der Waals surface area contributed by atoms with Crippen LogP contribution in [0.2, 0.25) is 0 Å². The van der Waals surface area contributed by atoms with Gasteiger partial charge in [0.25, 0.3) is 5.56 Å². The number of hydrogen-bond donors (Lipinski definition) is 1. The van der Waals surface area contributed by atoms with E-state index in [0.29, 0.717) is 33.8 Å². The quantitative estimate of drug-likeness (QED) is 0.525. The molecule has 0 saturated carbocycles. The molecule has 146 valence electrons. The molecule has 4 aromatic rings. The van der Waals surface area contributed by atoms with E-state index < -0.39 is 17.6 Å². The third-order valence-electron chi connectivity index (χ3n) is 4.38. The number of rotatable bonds is 3. The fraction of sp³-hybridized carbons (Fsp3) is 0.100. The summed E-state index contributed by atoms with van der Waals surface area (Å²) >= 11 is 0. The maximum Gasteiger partial charge on any atom is 0.416 e. The largest absolute Gasteiger partial charge is 0.416 e. The van der Waals surface area contributed by atoms with Gasteiger partial charge in [-0.15, -0.1) is 5.10 Å². The van der Waals surface area contributed by atoms with Gasteiger partial charge in [-0.1, -0.05) is 17.3 Å². The molecule has 0 aliphatic rings. The fourth-order valence-electron chi connectivity index (χ4n) is 3.12. The number of nitrogens with zero attached hydrogens (tertiary/aromatic N) is 3. The summed E-state index contributed by atoms with van der Waals surface area (Å²) in [6.07, 6.45) is -3.14. The Hall–Kier alpha value is -3.62. The predicted octanol–water partition coefficient (Wildman–Crippen LogP) is 4.13. The van der Waals surface area contributed by atoms with E-state index in [-0.39, 0.29) is 17.5 Å². The van der Waals surface area contributed by atoms with Gasteiger partial charge in [0.05, 0.1) is 10.9 Å². The lowest BCUT2D eigenvalue weighted by molar-refractivity contribution is -0.137. The number of fused-ring (bicyclic) bond motifs is 1. The smallest absolute Gasteiger partial charge is 0.267 e. The minimum atomic E-state index is -4.64. The number of alkyl halides is 3. The van der Waals surface area contributed by atoms with Gasteiger partial charge in [-0.2, -0.15) is 13.2 Å². The van der Waals surface area contributed by atoms with Gasteiger partial charge in [-0.05, 0) is 47.5 Å². The van der Waals surface area contributed by atoms with Crippen LogP contribution in [-0.4, -0.2) is 20.4 Å². The van der Waals surface area contributed by atoms with Gasteiger partial charge in [-0.3, -0.25) is 9.78 Å². The minimum Gasteiger partial charge on any atom is -0.267 e. The molecule has 29 heavy (non-hydrogen) atoms. The molecule has 0 aliphatic carbocycles. The van der Waals surface area contributed by atoms with Gasteiger partial charge < -0.3 is 0 Å².